The zero-order valence-corrected chi connectivity index (χ0v) is 11.2. The second-order valence-corrected chi connectivity index (χ2v) is 4.41. The van der Waals surface area contributed by atoms with Crippen LogP contribution in [0.15, 0.2) is 16.6 Å². The van der Waals surface area contributed by atoms with Gasteiger partial charge in [-0.1, -0.05) is 15.9 Å². The first-order valence-electron chi connectivity index (χ1n) is 4.99. The van der Waals surface area contributed by atoms with Crippen molar-refractivity contribution < 1.29 is 14.7 Å². The van der Waals surface area contributed by atoms with Crippen LogP contribution in [0.3, 0.4) is 0 Å². The molecule has 1 aromatic carbocycles. The first-order chi connectivity index (χ1) is 7.60. The molecular formula is C11H16BrNO3. The highest BCUT2D eigenvalue weighted by atomic mass is 79.9. The van der Waals surface area contributed by atoms with Crippen LogP contribution in [0.1, 0.15) is 19.4 Å². The van der Waals surface area contributed by atoms with Crippen molar-refractivity contribution in [3.8, 4) is 11.5 Å². The Morgan fingerprint density at radius 2 is 2.12 bits per heavy atom. The Hall–Kier alpha value is -0.780. The normalized spacial score (nSPS) is 10.6. The second kappa shape index (κ2) is 6.08. The Morgan fingerprint density at radius 3 is 2.62 bits per heavy atom. The molecule has 0 aliphatic heterocycles. The standard InChI is InChI=1S/C11H16BrNO3/c1-7(2)16-11-8(6-13-14)9(12)4-5-10(11)15-3/h4-5,7,13-14H,6H2,1-3H3. The summed E-state index contributed by atoms with van der Waals surface area (Å²) >= 11 is 3.41. The molecule has 0 aliphatic rings. The second-order valence-electron chi connectivity index (χ2n) is 3.56. The van der Waals surface area contributed by atoms with Crippen LogP contribution in [-0.2, 0) is 6.54 Å². The van der Waals surface area contributed by atoms with Crippen molar-refractivity contribution in [3.63, 3.8) is 0 Å². The molecule has 0 saturated heterocycles. The molecule has 16 heavy (non-hydrogen) atoms. The molecule has 0 aromatic heterocycles. The van der Waals surface area contributed by atoms with E-state index in [2.05, 4.69) is 21.4 Å². The lowest BCUT2D eigenvalue weighted by molar-refractivity contribution is 0.157. The van der Waals surface area contributed by atoms with E-state index in [0.717, 1.165) is 10.0 Å². The van der Waals surface area contributed by atoms with Gasteiger partial charge in [0.05, 0.1) is 19.8 Å². The minimum atomic E-state index is 0.0423. The fraction of sp³-hybridized carbons (Fsp3) is 0.455. The van der Waals surface area contributed by atoms with Gasteiger partial charge >= 0.3 is 0 Å². The first kappa shape index (κ1) is 13.3. The lowest BCUT2D eigenvalue weighted by atomic mass is 10.2. The third-order valence-corrected chi connectivity index (χ3v) is 2.74. The molecule has 0 aliphatic carbocycles. The van der Waals surface area contributed by atoms with E-state index in [1.807, 2.05) is 26.0 Å². The van der Waals surface area contributed by atoms with Crippen molar-refractivity contribution >= 4 is 15.9 Å². The number of methoxy groups -OCH3 is 1. The van der Waals surface area contributed by atoms with Gasteiger partial charge in [-0.2, -0.15) is 0 Å². The first-order valence-corrected chi connectivity index (χ1v) is 5.78. The number of nitrogens with one attached hydrogen (secondary N) is 1. The highest BCUT2D eigenvalue weighted by Crippen LogP contribution is 2.36. The van der Waals surface area contributed by atoms with Gasteiger partial charge in [0.25, 0.3) is 0 Å². The monoisotopic (exact) mass is 289 g/mol. The van der Waals surface area contributed by atoms with E-state index >= 15 is 0 Å². The van der Waals surface area contributed by atoms with Gasteiger partial charge in [0.2, 0.25) is 0 Å². The van der Waals surface area contributed by atoms with E-state index in [1.54, 1.807) is 7.11 Å². The number of benzene rings is 1. The van der Waals surface area contributed by atoms with E-state index in [4.69, 9.17) is 14.7 Å². The maximum atomic E-state index is 8.80. The highest BCUT2D eigenvalue weighted by molar-refractivity contribution is 9.10. The molecule has 0 bridgehead atoms. The maximum Gasteiger partial charge on any atom is 0.167 e. The van der Waals surface area contributed by atoms with Crippen molar-refractivity contribution in [3.05, 3.63) is 22.2 Å². The van der Waals surface area contributed by atoms with Crippen molar-refractivity contribution in [2.45, 2.75) is 26.5 Å². The van der Waals surface area contributed by atoms with Crippen LogP contribution in [0.2, 0.25) is 0 Å². The molecule has 5 heteroatoms. The topological polar surface area (TPSA) is 50.7 Å². The van der Waals surface area contributed by atoms with Crippen LogP contribution < -0.4 is 15.0 Å². The van der Waals surface area contributed by atoms with E-state index < -0.39 is 0 Å². The quantitative estimate of drug-likeness (QED) is 0.819. The summed E-state index contributed by atoms with van der Waals surface area (Å²) in [4.78, 5) is 0. The summed E-state index contributed by atoms with van der Waals surface area (Å²) in [5.41, 5.74) is 2.95. The summed E-state index contributed by atoms with van der Waals surface area (Å²) in [5, 5.41) is 8.80. The molecular weight excluding hydrogens is 274 g/mol. The van der Waals surface area contributed by atoms with Crippen molar-refractivity contribution in [2.24, 2.45) is 0 Å². The van der Waals surface area contributed by atoms with Gasteiger partial charge in [-0.15, -0.1) is 0 Å². The summed E-state index contributed by atoms with van der Waals surface area (Å²) in [6.45, 7) is 4.17. The molecule has 2 N–H and O–H groups in total. The number of hydrogen-bond acceptors (Lipinski definition) is 4. The molecule has 0 heterocycles. The molecule has 4 nitrogen and oxygen atoms in total. The smallest absolute Gasteiger partial charge is 0.167 e. The van der Waals surface area contributed by atoms with Gasteiger partial charge in [-0.05, 0) is 26.0 Å². The third-order valence-electron chi connectivity index (χ3n) is 2.00. The number of hydroxylamine groups is 1. The van der Waals surface area contributed by atoms with Crippen molar-refractivity contribution in [1.82, 2.24) is 5.48 Å². The third kappa shape index (κ3) is 3.10. The molecule has 0 unspecified atom stereocenters. The minimum absolute atomic E-state index is 0.0423. The molecule has 0 amide bonds. The molecule has 0 fully saturated rings. The largest absolute Gasteiger partial charge is 0.493 e. The number of ether oxygens (including phenoxy) is 2. The van der Waals surface area contributed by atoms with Crippen LogP contribution in [0.25, 0.3) is 0 Å². The predicted molar refractivity (Wildman–Crippen MR) is 65.1 cm³/mol. The summed E-state index contributed by atoms with van der Waals surface area (Å²) < 4.78 is 11.8. The fourth-order valence-corrected chi connectivity index (χ4v) is 1.80. The van der Waals surface area contributed by atoms with E-state index in [0.29, 0.717) is 18.0 Å². The number of halogens is 1. The fourth-order valence-electron chi connectivity index (χ4n) is 1.35. The average Bonchev–Trinajstić information content (AvgIpc) is 2.23. The number of hydrogen-bond donors (Lipinski definition) is 2. The SMILES string of the molecule is COc1ccc(Br)c(CNO)c1OC(C)C. The molecule has 0 radical (unpaired) electrons. The van der Waals surface area contributed by atoms with E-state index in [-0.39, 0.29) is 6.10 Å². The van der Waals surface area contributed by atoms with Gasteiger partial charge in [0, 0.05) is 10.0 Å². The Bertz CT molecular complexity index is 355. The Morgan fingerprint density at radius 1 is 1.44 bits per heavy atom. The Balaban J connectivity index is 3.18. The van der Waals surface area contributed by atoms with Crippen LogP contribution in [0, 0.1) is 0 Å². The molecule has 1 aromatic rings. The predicted octanol–water partition coefficient (Wildman–Crippen LogP) is 2.72. The van der Waals surface area contributed by atoms with Gasteiger partial charge in [-0.3, -0.25) is 0 Å². The van der Waals surface area contributed by atoms with Crippen molar-refractivity contribution in [2.75, 3.05) is 7.11 Å². The zero-order chi connectivity index (χ0) is 12.1. The van der Waals surface area contributed by atoms with Gasteiger partial charge < -0.3 is 14.7 Å². The molecule has 0 saturated carbocycles. The summed E-state index contributed by atoms with van der Waals surface area (Å²) in [6.07, 6.45) is 0.0423. The van der Waals surface area contributed by atoms with Gasteiger partial charge in [-0.25, -0.2) is 5.48 Å². The average molecular weight is 290 g/mol. The Labute approximate surface area is 104 Å². The van der Waals surface area contributed by atoms with Gasteiger partial charge in [0.1, 0.15) is 0 Å². The van der Waals surface area contributed by atoms with Gasteiger partial charge in [0.15, 0.2) is 11.5 Å². The molecule has 90 valence electrons. The molecule has 0 spiro atoms. The van der Waals surface area contributed by atoms with Crippen molar-refractivity contribution in [1.29, 1.82) is 0 Å². The maximum absolute atomic E-state index is 8.80. The van der Waals surface area contributed by atoms with Crippen LogP contribution in [0.5, 0.6) is 11.5 Å². The molecule has 0 atom stereocenters. The number of rotatable bonds is 5. The lowest BCUT2D eigenvalue weighted by Crippen LogP contribution is -2.13. The summed E-state index contributed by atoms with van der Waals surface area (Å²) in [6, 6.07) is 3.68. The van der Waals surface area contributed by atoms with Crippen LogP contribution in [0.4, 0.5) is 0 Å². The zero-order valence-electron chi connectivity index (χ0n) is 9.58. The highest BCUT2D eigenvalue weighted by Gasteiger charge is 2.15. The van der Waals surface area contributed by atoms with E-state index in [1.165, 1.54) is 0 Å². The van der Waals surface area contributed by atoms with Crippen LogP contribution in [-0.4, -0.2) is 18.4 Å². The Kier molecular flexibility index (Phi) is 5.05. The van der Waals surface area contributed by atoms with Crippen LogP contribution >= 0.6 is 15.9 Å². The lowest BCUT2D eigenvalue weighted by Gasteiger charge is -2.18. The molecule has 1 rings (SSSR count). The minimum Gasteiger partial charge on any atom is -0.493 e. The van der Waals surface area contributed by atoms with E-state index in [9.17, 15) is 0 Å². The summed E-state index contributed by atoms with van der Waals surface area (Å²) in [7, 11) is 1.59. The summed E-state index contributed by atoms with van der Waals surface area (Å²) in [5.74, 6) is 1.30.